The molecule has 0 aromatic heterocycles. The van der Waals surface area contributed by atoms with E-state index in [1.165, 1.54) is 0 Å². The maximum Gasteiger partial charge on any atom is 0.323 e. The van der Waals surface area contributed by atoms with Crippen LogP contribution < -0.4 is 5.32 Å². The second-order valence-electron chi connectivity index (χ2n) is 5.84. The summed E-state index contributed by atoms with van der Waals surface area (Å²) >= 11 is 0. The number of rotatable bonds is 1. The normalized spacial score (nSPS) is 26.2. The molecule has 0 radical (unpaired) electrons. The van der Waals surface area contributed by atoms with Gasteiger partial charge in [-0.05, 0) is 33.0 Å². The molecule has 1 unspecified atom stereocenters. The van der Waals surface area contributed by atoms with Gasteiger partial charge in [0.25, 0.3) is 0 Å². The van der Waals surface area contributed by atoms with E-state index in [2.05, 4.69) is 18.4 Å². The van der Waals surface area contributed by atoms with Crippen molar-refractivity contribution in [1.29, 1.82) is 0 Å². The van der Waals surface area contributed by atoms with E-state index in [0.29, 0.717) is 0 Å². The highest BCUT2D eigenvalue weighted by Crippen LogP contribution is 2.20. The molecule has 1 aliphatic rings. The molecule has 0 saturated carbocycles. The lowest BCUT2D eigenvalue weighted by Gasteiger charge is -2.22. The van der Waals surface area contributed by atoms with E-state index in [9.17, 15) is 4.79 Å². The third-order valence-electron chi connectivity index (χ3n) is 2.28. The molecule has 0 aromatic rings. The number of hydrogen-bond acceptors (Lipinski definition) is 3. The maximum atomic E-state index is 11.7. The second kappa shape index (κ2) is 3.66. The predicted molar refractivity (Wildman–Crippen MR) is 59.9 cm³/mol. The lowest BCUT2D eigenvalue weighted by atomic mass is 10.2. The Morgan fingerprint density at radius 3 is 2.36 bits per heavy atom. The molecule has 1 fully saturated rings. The van der Waals surface area contributed by atoms with Gasteiger partial charge in [-0.25, -0.2) is 0 Å². The largest absolute Gasteiger partial charge is 0.459 e. The van der Waals surface area contributed by atoms with Gasteiger partial charge in [0, 0.05) is 0 Å². The average molecular weight is 215 g/mol. The Balaban J connectivity index is 2.48. The van der Waals surface area contributed by atoms with Gasteiger partial charge in [-0.2, -0.15) is 0 Å². The van der Waals surface area contributed by atoms with Crippen molar-refractivity contribution >= 4 is 14.0 Å². The van der Waals surface area contributed by atoms with E-state index >= 15 is 0 Å². The van der Waals surface area contributed by atoms with Crippen LogP contribution in [-0.2, 0) is 9.53 Å². The van der Waals surface area contributed by atoms with Crippen LogP contribution in [0.25, 0.3) is 0 Å². The minimum absolute atomic E-state index is 0.0594. The van der Waals surface area contributed by atoms with Gasteiger partial charge < -0.3 is 10.1 Å². The van der Waals surface area contributed by atoms with Crippen molar-refractivity contribution in [2.24, 2.45) is 0 Å². The molecule has 1 saturated heterocycles. The van der Waals surface area contributed by atoms with E-state index in [1.807, 2.05) is 20.8 Å². The highest BCUT2D eigenvalue weighted by atomic mass is 28.3. The molecule has 1 heterocycles. The molecule has 1 N–H and O–H groups in total. The molecule has 1 rings (SSSR count). The second-order valence-corrected chi connectivity index (χ2v) is 10.9. The Morgan fingerprint density at radius 1 is 1.43 bits per heavy atom. The highest BCUT2D eigenvalue weighted by molar-refractivity contribution is 6.78. The molecule has 4 heteroatoms. The van der Waals surface area contributed by atoms with Crippen LogP contribution in [0.4, 0.5) is 0 Å². The fourth-order valence-electron chi connectivity index (χ4n) is 1.64. The van der Waals surface area contributed by atoms with Gasteiger partial charge in [-0.1, -0.05) is 13.1 Å². The van der Waals surface area contributed by atoms with Gasteiger partial charge in [-0.15, -0.1) is 0 Å². The van der Waals surface area contributed by atoms with Crippen molar-refractivity contribution in [3.63, 3.8) is 0 Å². The summed E-state index contributed by atoms with van der Waals surface area (Å²) in [5, 5.41) is 3.26. The zero-order valence-corrected chi connectivity index (χ0v) is 10.8. The maximum absolute atomic E-state index is 11.7. The molecule has 1 atom stereocenters. The number of ether oxygens (including phenoxy) is 1. The van der Waals surface area contributed by atoms with Crippen LogP contribution >= 0.6 is 0 Å². The molecular formula is C10H21NO2Si. The van der Waals surface area contributed by atoms with Crippen LogP contribution in [0.15, 0.2) is 0 Å². The summed E-state index contributed by atoms with van der Waals surface area (Å²) in [5.74, 6) is -0.0874. The van der Waals surface area contributed by atoms with Crippen molar-refractivity contribution in [3.05, 3.63) is 0 Å². The minimum atomic E-state index is -1.15. The molecular weight excluding hydrogens is 194 g/mol. The van der Waals surface area contributed by atoms with Crippen LogP contribution in [0.3, 0.4) is 0 Å². The van der Waals surface area contributed by atoms with Crippen LogP contribution in [0.5, 0.6) is 0 Å². The number of hydrogen-bond donors (Lipinski definition) is 1. The zero-order valence-electron chi connectivity index (χ0n) is 9.81. The summed E-state index contributed by atoms with van der Waals surface area (Å²) in [5.41, 5.74) is -0.368. The summed E-state index contributed by atoms with van der Waals surface area (Å²) < 4.78 is 5.34. The Morgan fingerprint density at radius 2 is 2.00 bits per heavy atom. The molecule has 0 aromatic carbocycles. The van der Waals surface area contributed by atoms with Gasteiger partial charge in [0.05, 0.1) is 8.07 Å². The van der Waals surface area contributed by atoms with Gasteiger partial charge in [0.15, 0.2) is 0 Å². The lowest BCUT2D eigenvalue weighted by Crippen LogP contribution is -2.36. The zero-order chi connectivity index (χ0) is 11.0. The van der Waals surface area contributed by atoms with Gasteiger partial charge in [-0.3, -0.25) is 4.79 Å². The van der Waals surface area contributed by atoms with E-state index in [1.54, 1.807) is 0 Å². The molecule has 0 aliphatic carbocycles. The first-order chi connectivity index (χ1) is 6.20. The predicted octanol–water partition coefficient (Wildman–Crippen LogP) is 1.55. The van der Waals surface area contributed by atoms with Crippen LogP contribution in [0.2, 0.25) is 19.1 Å². The van der Waals surface area contributed by atoms with Crippen LogP contribution in [0, 0.1) is 0 Å². The van der Waals surface area contributed by atoms with Crippen LogP contribution in [0.1, 0.15) is 20.8 Å². The van der Waals surface area contributed by atoms with Crippen molar-refractivity contribution in [1.82, 2.24) is 5.32 Å². The fraction of sp³-hybridized carbons (Fsp3) is 0.900. The third-order valence-corrected chi connectivity index (χ3v) is 4.95. The Kier molecular flexibility index (Phi) is 3.06. The first-order valence-corrected chi connectivity index (χ1v) is 8.57. The molecule has 82 valence electrons. The molecule has 0 spiro atoms. The Bertz CT molecular complexity index is 233. The summed E-state index contributed by atoms with van der Waals surface area (Å²) in [7, 11) is -1.15. The summed E-state index contributed by atoms with van der Waals surface area (Å²) in [4.78, 5) is 11.7. The first kappa shape index (κ1) is 11.7. The lowest BCUT2D eigenvalue weighted by molar-refractivity contribution is -0.156. The van der Waals surface area contributed by atoms with E-state index < -0.39 is 8.07 Å². The van der Waals surface area contributed by atoms with Crippen LogP contribution in [-0.4, -0.2) is 31.9 Å². The SMILES string of the molecule is CC(C)(C)OC(=O)C1C[Si](C)(C)CN1. The van der Waals surface area contributed by atoms with E-state index in [0.717, 1.165) is 12.2 Å². The molecule has 0 bridgehead atoms. The number of carbonyl (C=O) groups excluding carboxylic acids is 1. The highest BCUT2D eigenvalue weighted by Gasteiger charge is 2.38. The smallest absolute Gasteiger partial charge is 0.323 e. The van der Waals surface area contributed by atoms with Crippen molar-refractivity contribution < 1.29 is 9.53 Å². The molecule has 0 amide bonds. The summed E-state index contributed by atoms with van der Waals surface area (Å²) in [6.45, 7) is 10.3. The number of nitrogens with one attached hydrogen (secondary N) is 1. The van der Waals surface area contributed by atoms with Crippen molar-refractivity contribution in [3.8, 4) is 0 Å². The first-order valence-electron chi connectivity index (χ1n) is 5.16. The van der Waals surface area contributed by atoms with Gasteiger partial charge in [0.2, 0.25) is 0 Å². The topological polar surface area (TPSA) is 38.3 Å². The third kappa shape index (κ3) is 3.42. The summed E-state index contributed by atoms with van der Waals surface area (Å²) in [6.07, 6.45) is 1.02. The van der Waals surface area contributed by atoms with E-state index in [-0.39, 0.29) is 17.6 Å². The quantitative estimate of drug-likeness (QED) is 0.533. The Labute approximate surface area is 87.2 Å². The van der Waals surface area contributed by atoms with Crippen molar-refractivity contribution in [2.45, 2.75) is 51.6 Å². The fourth-order valence-corrected chi connectivity index (χ4v) is 4.00. The standard InChI is InChI=1S/C10H21NO2Si/c1-10(2,3)13-9(12)8-6-14(4,5)7-11-8/h8,11H,6-7H2,1-5H3. The average Bonchev–Trinajstić information content (AvgIpc) is 2.26. The number of carbonyl (C=O) groups is 1. The van der Waals surface area contributed by atoms with Gasteiger partial charge >= 0.3 is 5.97 Å². The monoisotopic (exact) mass is 215 g/mol. The summed E-state index contributed by atoms with van der Waals surface area (Å²) in [6, 6.07) is 0.943. The minimum Gasteiger partial charge on any atom is -0.459 e. The number of esters is 1. The molecule has 1 aliphatic heterocycles. The van der Waals surface area contributed by atoms with Gasteiger partial charge in [0.1, 0.15) is 11.6 Å². The Hall–Kier alpha value is -0.353. The molecule has 14 heavy (non-hydrogen) atoms. The molecule has 3 nitrogen and oxygen atoms in total. The van der Waals surface area contributed by atoms with E-state index in [4.69, 9.17) is 4.74 Å². The van der Waals surface area contributed by atoms with Crippen molar-refractivity contribution in [2.75, 3.05) is 6.17 Å².